The van der Waals surface area contributed by atoms with Crippen LogP contribution < -0.4 is 5.32 Å². The molecular weight excluding hydrogens is 202 g/mol. The number of carbonyl (C=O) groups is 1. The Bertz CT molecular complexity index is 396. The molecule has 72 valence electrons. The Labute approximate surface area is 86.7 Å². The van der Waals surface area contributed by atoms with Crippen molar-refractivity contribution in [3.63, 3.8) is 0 Å². The minimum Gasteiger partial charge on any atom is -0.506 e. The molecule has 0 unspecified atom stereocenters. The molecule has 0 bridgehead atoms. The molecule has 4 heteroatoms. The van der Waals surface area contributed by atoms with E-state index in [1.165, 1.54) is 18.2 Å². The number of nitrogens with one attached hydrogen (secondary N) is 1. The van der Waals surface area contributed by atoms with Gasteiger partial charge in [0.1, 0.15) is 5.75 Å². The molecule has 1 aromatic carbocycles. The smallest absolute Gasteiger partial charge is 0.236 e. The predicted molar refractivity (Wildman–Crippen MR) is 55.2 cm³/mol. The minimum absolute atomic E-state index is 0.0124. The van der Waals surface area contributed by atoms with Crippen molar-refractivity contribution in [1.29, 1.82) is 0 Å². The normalized spacial score (nSPS) is 9.14. The first-order valence-electron chi connectivity index (χ1n) is 3.85. The monoisotopic (exact) mass is 209 g/mol. The van der Waals surface area contributed by atoms with Crippen LogP contribution in [-0.4, -0.2) is 11.0 Å². The van der Waals surface area contributed by atoms with Gasteiger partial charge in [-0.15, -0.1) is 6.42 Å². The highest BCUT2D eigenvalue weighted by molar-refractivity contribution is 6.32. The van der Waals surface area contributed by atoms with Crippen molar-refractivity contribution in [2.75, 3.05) is 5.32 Å². The Balaban J connectivity index is 2.74. The number of aromatic hydroxyl groups is 1. The molecule has 0 spiro atoms. The van der Waals surface area contributed by atoms with Gasteiger partial charge in [0.15, 0.2) is 0 Å². The Morgan fingerprint density at radius 3 is 2.93 bits per heavy atom. The maximum Gasteiger partial charge on any atom is 0.236 e. The lowest BCUT2D eigenvalue weighted by molar-refractivity contribution is -0.115. The summed E-state index contributed by atoms with van der Waals surface area (Å²) < 4.78 is 0. The van der Waals surface area contributed by atoms with Crippen LogP contribution in [0.2, 0.25) is 5.02 Å². The van der Waals surface area contributed by atoms with E-state index in [9.17, 15) is 4.79 Å². The summed E-state index contributed by atoms with van der Waals surface area (Å²) in [4.78, 5) is 11.0. The van der Waals surface area contributed by atoms with Crippen LogP contribution in [-0.2, 0) is 4.79 Å². The molecule has 3 nitrogen and oxygen atoms in total. The van der Waals surface area contributed by atoms with Crippen molar-refractivity contribution in [2.45, 2.75) is 6.42 Å². The van der Waals surface area contributed by atoms with E-state index in [1.807, 2.05) is 0 Å². The van der Waals surface area contributed by atoms with Crippen molar-refractivity contribution in [3.05, 3.63) is 23.2 Å². The summed E-state index contributed by atoms with van der Waals surface area (Å²) in [6.45, 7) is 0. The molecule has 0 aliphatic heterocycles. The molecule has 1 rings (SSSR count). The van der Waals surface area contributed by atoms with Crippen LogP contribution >= 0.6 is 11.6 Å². The van der Waals surface area contributed by atoms with Gasteiger partial charge in [0.25, 0.3) is 0 Å². The number of hydrogen-bond donors (Lipinski definition) is 2. The average Bonchev–Trinajstić information content (AvgIpc) is 2.12. The van der Waals surface area contributed by atoms with Gasteiger partial charge in [-0.2, -0.15) is 0 Å². The summed E-state index contributed by atoms with van der Waals surface area (Å²) >= 11 is 5.63. The largest absolute Gasteiger partial charge is 0.506 e. The second-order valence-corrected chi connectivity index (χ2v) is 3.00. The highest BCUT2D eigenvalue weighted by Gasteiger charge is 2.02. The fraction of sp³-hybridized carbons (Fsp3) is 0.100. The van der Waals surface area contributed by atoms with E-state index in [4.69, 9.17) is 23.1 Å². The molecule has 1 amide bonds. The zero-order valence-corrected chi connectivity index (χ0v) is 8.01. The highest BCUT2D eigenvalue weighted by atomic mass is 35.5. The quantitative estimate of drug-likeness (QED) is 0.578. The third kappa shape index (κ3) is 2.68. The van der Waals surface area contributed by atoms with Gasteiger partial charge >= 0.3 is 0 Å². The standard InChI is InChI=1S/C10H8ClNO2/c1-2-3-10(14)12-7-4-5-9(13)8(11)6-7/h1,4-6,13H,3H2,(H,12,14). The van der Waals surface area contributed by atoms with E-state index in [2.05, 4.69) is 11.2 Å². The molecule has 0 saturated carbocycles. The average molecular weight is 210 g/mol. The molecule has 0 fully saturated rings. The van der Waals surface area contributed by atoms with Gasteiger partial charge in [0.05, 0.1) is 11.4 Å². The molecule has 0 radical (unpaired) electrons. The number of halogens is 1. The van der Waals surface area contributed by atoms with Crippen LogP contribution in [0.25, 0.3) is 0 Å². The minimum atomic E-state index is -0.283. The fourth-order valence-corrected chi connectivity index (χ4v) is 1.06. The van der Waals surface area contributed by atoms with Gasteiger partial charge in [-0.25, -0.2) is 0 Å². The van der Waals surface area contributed by atoms with Crippen LogP contribution in [0.15, 0.2) is 18.2 Å². The van der Waals surface area contributed by atoms with Crippen molar-refractivity contribution < 1.29 is 9.90 Å². The first-order valence-corrected chi connectivity index (χ1v) is 4.23. The number of hydrogen-bond acceptors (Lipinski definition) is 2. The summed E-state index contributed by atoms with van der Waals surface area (Å²) in [5.41, 5.74) is 0.507. The summed E-state index contributed by atoms with van der Waals surface area (Å²) in [7, 11) is 0. The molecular formula is C10H8ClNO2. The van der Waals surface area contributed by atoms with Gasteiger partial charge in [-0.1, -0.05) is 17.5 Å². The molecule has 0 aromatic heterocycles. The molecule has 0 atom stereocenters. The van der Waals surface area contributed by atoms with Gasteiger partial charge in [0.2, 0.25) is 5.91 Å². The Kier molecular flexibility index (Phi) is 3.38. The van der Waals surface area contributed by atoms with Crippen LogP contribution in [0.1, 0.15) is 6.42 Å². The SMILES string of the molecule is C#CCC(=O)Nc1ccc(O)c(Cl)c1. The lowest BCUT2D eigenvalue weighted by atomic mass is 10.3. The van der Waals surface area contributed by atoms with Gasteiger partial charge < -0.3 is 10.4 Å². The Hall–Kier alpha value is -1.66. The highest BCUT2D eigenvalue weighted by Crippen LogP contribution is 2.25. The molecule has 0 saturated heterocycles. The maximum absolute atomic E-state index is 11.0. The van der Waals surface area contributed by atoms with E-state index < -0.39 is 0 Å². The molecule has 0 aliphatic rings. The summed E-state index contributed by atoms with van der Waals surface area (Å²) in [5, 5.41) is 11.8. The number of phenolic OH excluding ortho intramolecular Hbond substituents is 1. The third-order valence-electron chi connectivity index (χ3n) is 1.49. The van der Waals surface area contributed by atoms with Gasteiger partial charge in [0, 0.05) is 5.69 Å². The van der Waals surface area contributed by atoms with Crippen molar-refractivity contribution in [3.8, 4) is 18.1 Å². The molecule has 0 aliphatic carbocycles. The first-order chi connectivity index (χ1) is 6.63. The number of benzene rings is 1. The molecule has 1 aromatic rings. The maximum atomic E-state index is 11.0. The van der Waals surface area contributed by atoms with Crippen LogP contribution in [0, 0.1) is 12.3 Å². The Morgan fingerprint density at radius 1 is 1.64 bits per heavy atom. The van der Waals surface area contributed by atoms with Gasteiger partial charge in [-0.05, 0) is 18.2 Å². The second kappa shape index (κ2) is 4.54. The van der Waals surface area contributed by atoms with Crippen molar-refractivity contribution in [1.82, 2.24) is 0 Å². The first kappa shape index (κ1) is 10.4. The van der Waals surface area contributed by atoms with Crippen molar-refractivity contribution in [2.24, 2.45) is 0 Å². The third-order valence-corrected chi connectivity index (χ3v) is 1.80. The van der Waals surface area contributed by atoms with Crippen LogP contribution in [0.5, 0.6) is 5.75 Å². The van der Waals surface area contributed by atoms with Crippen LogP contribution in [0.4, 0.5) is 5.69 Å². The topological polar surface area (TPSA) is 49.3 Å². The predicted octanol–water partition coefficient (Wildman–Crippen LogP) is 2.01. The zero-order valence-electron chi connectivity index (χ0n) is 7.25. The van der Waals surface area contributed by atoms with Gasteiger partial charge in [-0.3, -0.25) is 4.79 Å². The number of terminal acetylenes is 1. The summed E-state index contributed by atoms with van der Waals surface area (Å²) in [6.07, 6.45) is 4.97. The lowest BCUT2D eigenvalue weighted by Gasteiger charge is -2.03. The number of phenols is 1. The fourth-order valence-electron chi connectivity index (χ4n) is 0.883. The van der Waals surface area contributed by atoms with E-state index in [0.717, 1.165) is 0 Å². The number of amides is 1. The number of anilines is 1. The van der Waals surface area contributed by atoms with E-state index in [-0.39, 0.29) is 23.1 Å². The Morgan fingerprint density at radius 2 is 2.36 bits per heavy atom. The van der Waals surface area contributed by atoms with E-state index >= 15 is 0 Å². The molecule has 14 heavy (non-hydrogen) atoms. The molecule has 2 N–H and O–H groups in total. The molecule has 0 heterocycles. The summed E-state index contributed by atoms with van der Waals surface area (Å²) in [6, 6.07) is 4.38. The van der Waals surface area contributed by atoms with Crippen molar-refractivity contribution >= 4 is 23.2 Å². The number of rotatable bonds is 2. The summed E-state index contributed by atoms with van der Waals surface area (Å²) in [5.74, 6) is 1.91. The number of carbonyl (C=O) groups excluding carboxylic acids is 1. The van der Waals surface area contributed by atoms with E-state index in [1.54, 1.807) is 0 Å². The lowest BCUT2D eigenvalue weighted by Crippen LogP contribution is -2.09. The van der Waals surface area contributed by atoms with Crippen LogP contribution in [0.3, 0.4) is 0 Å². The zero-order chi connectivity index (χ0) is 10.6. The second-order valence-electron chi connectivity index (χ2n) is 2.60. The van der Waals surface area contributed by atoms with E-state index in [0.29, 0.717) is 5.69 Å².